The Kier molecular flexibility index (Phi) is 5.48. The number of ether oxygens (including phenoxy) is 1. The molecule has 0 saturated heterocycles. The number of rotatable bonds is 7. The molecule has 0 radical (unpaired) electrons. The van der Waals surface area contributed by atoms with Crippen molar-refractivity contribution in [3.63, 3.8) is 0 Å². The second-order valence-electron chi connectivity index (χ2n) is 5.11. The average molecular weight is 269 g/mol. The molecule has 0 aliphatic rings. The molecule has 1 N–H and O–H groups in total. The molecular weight excluding hydrogens is 246 g/mol. The van der Waals surface area contributed by atoms with Crippen molar-refractivity contribution in [2.45, 2.75) is 26.7 Å². The fourth-order valence-electron chi connectivity index (χ4n) is 2.12. The second kappa shape index (κ2) is 7.59. The van der Waals surface area contributed by atoms with Crippen LogP contribution in [-0.4, -0.2) is 13.2 Å². The average Bonchev–Trinajstić information content (AvgIpc) is 2.44. The summed E-state index contributed by atoms with van der Waals surface area (Å²) in [7, 11) is 0. The predicted octanol–water partition coefficient (Wildman–Crippen LogP) is 4.57. The molecule has 106 valence electrons. The summed E-state index contributed by atoms with van der Waals surface area (Å²) in [5.41, 5.74) is 3.76. The summed E-state index contributed by atoms with van der Waals surface area (Å²) in [6, 6.07) is 16.6. The lowest BCUT2D eigenvalue weighted by molar-refractivity contribution is 0.308. The van der Waals surface area contributed by atoms with E-state index in [1.807, 2.05) is 12.1 Å². The smallest absolute Gasteiger partial charge is 0.119 e. The van der Waals surface area contributed by atoms with Gasteiger partial charge in [-0.15, -0.1) is 0 Å². The van der Waals surface area contributed by atoms with Crippen LogP contribution in [0.5, 0.6) is 5.75 Å². The van der Waals surface area contributed by atoms with E-state index in [0.29, 0.717) is 0 Å². The molecule has 0 aromatic heterocycles. The number of para-hydroxylation sites is 1. The number of hydrogen-bond donors (Lipinski definition) is 1. The van der Waals surface area contributed by atoms with Crippen LogP contribution in [-0.2, 0) is 0 Å². The Morgan fingerprint density at radius 1 is 0.950 bits per heavy atom. The highest BCUT2D eigenvalue weighted by molar-refractivity contribution is 5.50. The van der Waals surface area contributed by atoms with Crippen molar-refractivity contribution in [2.75, 3.05) is 18.5 Å². The quantitative estimate of drug-likeness (QED) is 0.743. The van der Waals surface area contributed by atoms with Gasteiger partial charge in [0.15, 0.2) is 0 Å². The van der Waals surface area contributed by atoms with E-state index in [4.69, 9.17) is 4.74 Å². The van der Waals surface area contributed by atoms with Gasteiger partial charge in [0.05, 0.1) is 6.61 Å². The zero-order valence-corrected chi connectivity index (χ0v) is 12.4. The molecule has 0 aliphatic carbocycles. The van der Waals surface area contributed by atoms with E-state index in [-0.39, 0.29) is 0 Å². The van der Waals surface area contributed by atoms with E-state index >= 15 is 0 Å². The van der Waals surface area contributed by atoms with Gasteiger partial charge in [-0.3, -0.25) is 0 Å². The Labute approximate surface area is 121 Å². The van der Waals surface area contributed by atoms with Crippen LogP contribution in [0.15, 0.2) is 48.5 Å². The molecule has 2 rings (SSSR count). The van der Waals surface area contributed by atoms with Gasteiger partial charge in [0.25, 0.3) is 0 Å². The van der Waals surface area contributed by atoms with Crippen molar-refractivity contribution in [3.8, 4) is 5.75 Å². The lowest BCUT2D eigenvalue weighted by Gasteiger charge is -2.10. The highest BCUT2D eigenvalue weighted by atomic mass is 16.5. The van der Waals surface area contributed by atoms with Crippen LogP contribution in [0.3, 0.4) is 0 Å². The van der Waals surface area contributed by atoms with Crippen molar-refractivity contribution in [1.29, 1.82) is 0 Å². The number of benzene rings is 2. The summed E-state index contributed by atoms with van der Waals surface area (Å²) in [5, 5.41) is 3.47. The van der Waals surface area contributed by atoms with Crippen molar-refractivity contribution >= 4 is 5.69 Å². The van der Waals surface area contributed by atoms with Crippen LogP contribution in [0.25, 0.3) is 0 Å². The molecule has 0 spiro atoms. The second-order valence-corrected chi connectivity index (χ2v) is 5.11. The molecule has 0 saturated carbocycles. The SMILES string of the molecule is Cc1cccc(OCCCCNc2ccccc2C)c1. The molecule has 0 unspecified atom stereocenters. The molecule has 2 heteroatoms. The summed E-state index contributed by atoms with van der Waals surface area (Å²) < 4.78 is 5.74. The molecule has 0 fully saturated rings. The topological polar surface area (TPSA) is 21.3 Å². The summed E-state index contributed by atoms with van der Waals surface area (Å²) in [5.74, 6) is 0.969. The number of nitrogens with one attached hydrogen (secondary N) is 1. The largest absolute Gasteiger partial charge is 0.494 e. The van der Waals surface area contributed by atoms with Gasteiger partial charge in [-0.1, -0.05) is 30.3 Å². The lowest BCUT2D eigenvalue weighted by Crippen LogP contribution is -2.05. The number of hydrogen-bond acceptors (Lipinski definition) is 2. The zero-order chi connectivity index (χ0) is 14.2. The maximum atomic E-state index is 5.74. The summed E-state index contributed by atoms with van der Waals surface area (Å²) in [6.45, 7) is 5.98. The van der Waals surface area contributed by atoms with E-state index in [1.54, 1.807) is 0 Å². The normalized spacial score (nSPS) is 10.3. The molecule has 20 heavy (non-hydrogen) atoms. The molecule has 0 bridgehead atoms. The summed E-state index contributed by atoms with van der Waals surface area (Å²) in [6.07, 6.45) is 2.17. The van der Waals surface area contributed by atoms with Gasteiger partial charge in [0.2, 0.25) is 0 Å². The van der Waals surface area contributed by atoms with Gasteiger partial charge in [-0.25, -0.2) is 0 Å². The van der Waals surface area contributed by atoms with Crippen LogP contribution < -0.4 is 10.1 Å². The third kappa shape index (κ3) is 4.61. The first kappa shape index (κ1) is 14.4. The van der Waals surface area contributed by atoms with Gasteiger partial charge >= 0.3 is 0 Å². The summed E-state index contributed by atoms with van der Waals surface area (Å²) in [4.78, 5) is 0. The number of aryl methyl sites for hydroxylation is 2. The Morgan fingerprint density at radius 3 is 2.60 bits per heavy atom. The van der Waals surface area contributed by atoms with E-state index in [0.717, 1.165) is 31.7 Å². The first-order chi connectivity index (χ1) is 9.75. The van der Waals surface area contributed by atoms with Gasteiger partial charge in [0.1, 0.15) is 5.75 Å². The molecule has 0 amide bonds. The Balaban J connectivity index is 1.61. The lowest BCUT2D eigenvalue weighted by atomic mass is 10.2. The number of anilines is 1. The molecule has 2 aromatic carbocycles. The Morgan fingerprint density at radius 2 is 1.80 bits per heavy atom. The first-order valence-electron chi connectivity index (χ1n) is 7.25. The molecular formula is C18H23NO. The van der Waals surface area contributed by atoms with E-state index < -0.39 is 0 Å². The fraction of sp³-hybridized carbons (Fsp3) is 0.333. The molecule has 0 aliphatic heterocycles. The Bertz CT molecular complexity index is 536. The zero-order valence-electron chi connectivity index (χ0n) is 12.4. The van der Waals surface area contributed by atoms with Gasteiger partial charge in [0, 0.05) is 12.2 Å². The highest BCUT2D eigenvalue weighted by Crippen LogP contribution is 2.14. The van der Waals surface area contributed by atoms with Crippen LogP contribution in [0.2, 0.25) is 0 Å². The van der Waals surface area contributed by atoms with Crippen LogP contribution in [0.4, 0.5) is 5.69 Å². The molecule has 0 heterocycles. The van der Waals surface area contributed by atoms with Crippen molar-refractivity contribution in [1.82, 2.24) is 0 Å². The van der Waals surface area contributed by atoms with Crippen molar-refractivity contribution in [3.05, 3.63) is 59.7 Å². The number of unbranched alkanes of at least 4 members (excludes halogenated alkanes) is 1. The van der Waals surface area contributed by atoms with Crippen molar-refractivity contribution < 1.29 is 4.74 Å². The maximum Gasteiger partial charge on any atom is 0.119 e. The van der Waals surface area contributed by atoms with Crippen LogP contribution in [0, 0.1) is 13.8 Å². The van der Waals surface area contributed by atoms with Gasteiger partial charge in [-0.2, -0.15) is 0 Å². The minimum Gasteiger partial charge on any atom is -0.494 e. The highest BCUT2D eigenvalue weighted by Gasteiger charge is 1.96. The van der Waals surface area contributed by atoms with Crippen LogP contribution in [0.1, 0.15) is 24.0 Å². The molecule has 0 atom stereocenters. The maximum absolute atomic E-state index is 5.74. The Hall–Kier alpha value is -1.96. The van der Waals surface area contributed by atoms with Crippen LogP contribution >= 0.6 is 0 Å². The third-order valence-electron chi connectivity index (χ3n) is 3.29. The van der Waals surface area contributed by atoms with Crippen molar-refractivity contribution in [2.24, 2.45) is 0 Å². The first-order valence-corrected chi connectivity index (χ1v) is 7.25. The summed E-state index contributed by atoms with van der Waals surface area (Å²) >= 11 is 0. The minimum absolute atomic E-state index is 0.777. The standard InChI is InChI=1S/C18H23NO/c1-15-8-7-10-17(14-15)20-13-6-5-12-19-18-11-4-3-9-16(18)2/h3-4,7-11,14,19H,5-6,12-13H2,1-2H3. The van der Waals surface area contributed by atoms with E-state index in [2.05, 4.69) is 55.6 Å². The minimum atomic E-state index is 0.777. The van der Waals surface area contributed by atoms with E-state index in [9.17, 15) is 0 Å². The third-order valence-corrected chi connectivity index (χ3v) is 3.29. The predicted molar refractivity (Wildman–Crippen MR) is 85.6 cm³/mol. The fourth-order valence-corrected chi connectivity index (χ4v) is 2.12. The van der Waals surface area contributed by atoms with E-state index in [1.165, 1.54) is 16.8 Å². The molecule has 2 aromatic rings. The monoisotopic (exact) mass is 269 g/mol. The van der Waals surface area contributed by atoms with Gasteiger partial charge in [-0.05, 0) is 56.0 Å². The molecule has 2 nitrogen and oxygen atoms in total. The van der Waals surface area contributed by atoms with Gasteiger partial charge < -0.3 is 10.1 Å².